The van der Waals surface area contributed by atoms with Gasteiger partial charge in [0.2, 0.25) is 0 Å². The van der Waals surface area contributed by atoms with Gasteiger partial charge in [0.15, 0.2) is 23.1 Å². The lowest BCUT2D eigenvalue weighted by Crippen LogP contribution is -2.48. The SMILES string of the molecule is CCN(C)C(=O)Nc1cc(Nc2cccc(-c3ncn(C)n3)c2OC)c(C(=O)NC(O)(O)O)nn1. The number of urea groups is 1. The van der Waals surface area contributed by atoms with E-state index in [1.54, 1.807) is 44.5 Å². The van der Waals surface area contributed by atoms with Gasteiger partial charge in [-0.05, 0) is 19.1 Å². The summed E-state index contributed by atoms with van der Waals surface area (Å²) in [5.41, 5.74) is 0.493. The van der Waals surface area contributed by atoms with Crippen molar-refractivity contribution in [2.75, 3.05) is 31.3 Å². The van der Waals surface area contributed by atoms with Gasteiger partial charge in [-0.25, -0.2) is 9.78 Å². The third-order valence-corrected chi connectivity index (χ3v) is 4.68. The van der Waals surface area contributed by atoms with Gasteiger partial charge in [0.05, 0.1) is 24.0 Å². The Morgan fingerprint density at radius 2 is 1.94 bits per heavy atom. The van der Waals surface area contributed by atoms with Crippen LogP contribution < -0.4 is 20.7 Å². The van der Waals surface area contributed by atoms with E-state index in [0.717, 1.165) is 0 Å². The molecule has 3 rings (SSSR count). The maximum atomic E-state index is 12.5. The molecule has 2 aromatic heterocycles. The number of carbonyl (C=O) groups is 2. The molecule has 0 spiro atoms. The van der Waals surface area contributed by atoms with Crippen molar-refractivity contribution in [3.63, 3.8) is 0 Å². The highest BCUT2D eigenvalue weighted by Gasteiger charge is 2.26. The second-order valence-electron chi connectivity index (χ2n) is 7.28. The lowest BCUT2D eigenvalue weighted by Gasteiger charge is -2.19. The second kappa shape index (κ2) is 10.3. The van der Waals surface area contributed by atoms with Crippen LogP contribution in [0.15, 0.2) is 30.6 Å². The fraction of sp³-hybridized carbons (Fsp3) is 0.300. The number of hydrogen-bond donors (Lipinski definition) is 6. The summed E-state index contributed by atoms with van der Waals surface area (Å²) in [5.74, 6) is -0.448. The lowest BCUT2D eigenvalue weighted by atomic mass is 10.1. The number of hydrogen-bond acceptors (Lipinski definition) is 11. The van der Waals surface area contributed by atoms with Crippen molar-refractivity contribution in [3.05, 3.63) is 36.3 Å². The number of anilines is 3. The van der Waals surface area contributed by atoms with E-state index in [-0.39, 0.29) is 11.5 Å². The Kier molecular flexibility index (Phi) is 7.43. The second-order valence-corrected chi connectivity index (χ2v) is 7.28. The number of aryl methyl sites for hydroxylation is 1. The highest BCUT2D eigenvalue weighted by atomic mass is 16.7. The van der Waals surface area contributed by atoms with Gasteiger partial charge in [0, 0.05) is 26.7 Å². The Morgan fingerprint density at radius 3 is 2.54 bits per heavy atom. The maximum Gasteiger partial charge on any atom is 0.369 e. The Balaban J connectivity index is 2.05. The maximum absolute atomic E-state index is 12.5. The first kappa shape index (κ1) is 25.3. The molecule has 186 valence electrons. The summed E-state index contributed by atoms with van der Waals surface area (Å²) in [7, 11) is 4.73. The first-order chi connectivity index (χ1) is 16.5. The van der Waals surface area contributed by atoms with Gasteiger partial charge >= 0.3 is 12.1 Å². The van der Waals surface area contributed by atoms with Gasteiger partial charge in [0.25, 0.3) is 5.91 Å². The summed E-state index contributed by atoms with van der Waals surface area (Å²) in [6.45, 7) is 2.22. The number of nitrogens with one attached hydrogen (secondary N) is 3. The first-order valence-electron chi connectivity index (χ1n) is 10.2. The minimum atomic E-state index is -3.49. The van der Waals surface area contributed by atoms with E-state index in [9.17, 15) is 9.59 Å². The summed E-state index contributed by atoms with van der Waals surface area (Å²) >= 11 is 0. The molecule has 0 fully saturated rings. The zero-order valence-corrected chi connectivity index (χ0v) is 19.3. The zero-order valence-electron chi connectivity index (χ0n) is 19.3. The molecule has 0 bridgehead atoms. The van der Waals surface area contributed by atoms with Crippen molar-refractivity contribution in [2.45, 2.75) is 13.0 Å². The number of aromatic nitrogens is 5. The summed E-state index contributed by atoms with van der Waals surface area (Å²) in [4.78, 5) is 30.4. The molecule has 0 saturated heterocycles. The Labute approximate surface area is 199 Å². The van der Waals surface area contributed by atoms with E-state index < -0.39 is 23.7 Å². The number of amides is 3. The monoisotopic (exact) mass is 487 g/mol. The zero-order chi connectivity index (χ0) is 25.8. The quantitative estimate of drug-likeness (QED) is 0.230. The van der Waals surface area contributed by atoms with E-state index in [4.69, 9.17) is 20.1 Å². The van der Waals surface area contributed by atoms with Crippen molar-refractivity contribution in [1.82, 2.24) is 35.2 Å². The molecule has 0 saturated carbocycles. The fourth-order valence-electron chi connectivity index (χ4n) is 2.92. The molecule has 35 heavy (non-hydrogen) atoms. The molecule has 6 N–H and O–H groups in total. The van der Waals surface area contributed by atoms with Crippen molar-refractivity contribution < 1.29 is 29.6 Å². The molecule has 0 aliphatic heterocycles. The molecule has 0 unspecified atom stereocenters. The van der Waals surface area contributed by atoms with Gasteiger partial charge < -0.3 is 30.3 Å². The van der Waals surface area contributed by atoms with Gasteiger partial charge in [-0.2, -0.15) is 5.10 Å². The van der Waals surface area contributed by atoms with E-state index in [1.807, 2.05) is 0 Å². The summed E-state index contributed by atoms with van der Waals surface area (Å²) in [6.07, 6.45) is -1.97. The molecule has 2 heterocycles. The van der Waals surface area contributed by atoms with E-state index in [1.165, 1.54) is 29.1 Å². The van der Waals surface area contributed by atoms with Crippen molar-refractivity contribution in [1.29, 1.82) is 0 Å². The number of nitrogens with zero attached hydrogens (tertiary/aromatic N) is 6. The molecule has 3 amide bonds. The molecule has 15 nitrogen and oxygen atoms in total. The van der Waals surface area contributed by atoms with Crippen LogP contribution in [0.1, 0.15) is 17.4 Å². The molecule has 0 aliphatic carbocycles. The normalized spacial score (nSPS) is 11.1. The number of benzene rings is 1. The van der Waals surface area contributed by atoms with Gasteiger partial charge in [-0.1, -0.05) is 6.07 Å². The third-order valence-electron chi connectivity index (χ3n) is 4.68. The first-order valence-corrected chi connectivity index (χ1v) is 10.2. The molecule has 0 atom stereocenters. The highest BCUT2D eigenvalue weighted by Crippen LogP contribution is 2.37. The number of methoxy groups -OCH3 is 1. The van der Waals surface area contributed by atoms with Crippen LogP contribution >= 0.6 is 0 Å². The van der Waals surface area contributed by atoms with E-state index in [0.29, 0.717) is 29.4 Å². The average Bonchev–Trinajstić information content (AvgIpc) is 3.23. The fourth-order valence-corrected chi connectivity index (χ4v) is 2.92. The van der Waals surface area contributed by atoms with E-state index >= 15 is 0 Å². The number of rotatable bonds is 8. The molecule has 3 aromatic rings. The predicted octanol–water partition coefficient (Wildman–Crippen LogP) is -0.174. The van der Waals surface area contributed by atoms with Gasteiger partial charge in [0.1, 0.15) is 6.33 Å². The lowest BCUT2D eigenvalue weighted by molar-refractivity contribution is -0.323. The van der Waals surface area contributed by atoms with Crippen LogP contribution in [0.5, 0.6) is 5.75 Å². The van der Waals surface area contributed by atoms with Crippen LogP contribution in [0.2, 0.25) is 0 Å². The smallest absolute Gasteiger partial charge is 0.369 e. The van der Waals surface area contributed by atoms with Gasteiger partial charge in [-0.3, -0.25) is 20.1 Å². The number of aliphatic hydroxyl groups is 3. The van der Waals surface area contributed by atoms with Crippen LogP contribution in [-0.4, -0.2) is 83.9 Å². The number of para-hydroxylation sites is 1. The average molecular weight is 487 g/mol. The van der Waals surface area contributed by atoms with Gasteiger partial charge in [-0.15, -0.1) is 10.2 Å². The number of carbonyl (C=O) groups excluding carboxylic acids is 2. The Morgan fingerprint density at radius 1 is 1.20 bits per heavy atom. The van der Waals surface area contributed by atoms with Crippen molar-refractivity contribution >= 4 is 29.1 Å². The van der Waals surface area contributed by atoms with E-state index in [2.05, 4.69) is 30.9 Å². The predicted molar refractivity (Wildman–Crippen MR) is 122 cm³/mol. The van der Waals surface area contributed by atoms with Crippen LogP contribution in [0, 0.1) is 0 Å². The van der Waals surface area contributed by atoms with Crippen LogP contribution in [0.25, 0.3) is 11.4 Å². The highest BCUT2D eigenvalue weighted by molar-refractivity contribution is 5.99. The van der Waals surface area contributed by atoms with Crippen molar-refractivity contribution in [3.8, 4) is 17.1 Å². The van der Waals surface area contributed by atoms with Crippen LogP contribution in [-0.2, 0) is 7.05 Å². The minimum Gasteiger partial charge on any atom is -0.494 e. The molecular weight excluding hydrogens is 462 g/mol. The molecule has 0 radical (unpaired) electrons. The third kappa shape index (κ3) is 6.17. The summed E-state index contributed by atoms with van der Waals surface area (Å²) < 4.78 is 7.07. The van der Waals surface area contributed by atoms with Crippen molar-refractivity contribution in [2.24, 2.45) is 7.05 Å². The van der Waals surface area contributed by atoms with Crippen LogP contribution in [0.4, 0.5) is 22.0 Å². The Bertz CT molecular complexity index is 1220. The molecular formula is C20H25N9O6. The Hall–Kier alpha value is -4.34. The number of ether oxygens (including phenoxy) is 1. The molecule has 1 aromatic carbocycles. The summed E-state index contributed by atoms with van der Waals surface area (Å²) in [5, 5.41) is 46.4. The van der Waals surface area contributed by atoms with Crippen LogP contribution in [0.3, 0.4) is 0 Å². The minimum absolute atomic E-state index is 0.000585. The molecule has 15 heteroatoms. The molecule has 0 aliphatic rings. The largest absolute Gasteiger partial charge is 0.494 e. The summed E-state index contributed by atoms with van der Waals surface area (Å²) in [6, 6.07) is 5.92. The topological polar surface area (TPSA) is 200 Å². The standard InChI is InChI=1S/C20H25N9O6/c1-5-28(2)19(31)23-14-9-13(15(26-25-14)18(30)24-20(32,33)34)22-12-8-6-7-11(16(12)35-4)17-21-10-29(3)27-17/h6-10,32-34H,5H2,1-4H3,(H,24,30)(H2,22,23,25,31).